The zero-order valence-electron chi connectivity index (χ0n) is 16.2. The first-order valence-electron chi connectivity index (χ1n) is 9.27. The van der Waals surface area contributed by atoms with E-state index < -0.39 is 31.2 Å². The molecule has 0 radical (unpaired) electrons. The smallest absolute Gasteiger partial charge is 0.418 e. The summed E-state index contributed by atoms with van der Waals surface area (Å²) >= 11 is 0. The first-order chi connectivity index (χ1) is 14.7. The lowest BCUT2D eigenvalue weighted by molar-refractivity contribution is -0.165. The molecule has 1 unspecified atom stereocenters. The Balaban J connectivity index is 1.91. The Hall–Kier alpha value is -2.89. The van der Waals surface area contributed by atoms with E-state index in [-0.39, 0.29) is 61.6 Å². The van der Waals surface area contributed by atoms with Crippen molar-refractivity contribution in [2.24, 2.45) is 5.10 Å². The summed E-state index contributed by atoms with van der Waals surface area (Å²) in [6, 6.07) is 2.09. The number of amides is 1. The molecule has 1 aromatic rings. The molecule has 0 spiro atoms. The van der Waals surface area contributed by atoms with E-state index in [9.17, 15) is 27.4 Å². The van der Waals surface area contributed by atoms with Crippen LogP contribution in [-0.2, 0) is 25.0 Å². The third kappa shape index (κ3) is 3.80. The first-order valence-corrected chi connectivity index (χ1v) is 10.4. The summed E-state index contributed by atoms with van der Waals surface area (Å²) in [6.07, 6.45) is -4.68. The molecule has 166 valence electrons. The number of nitrogens with zero attached hydrogens (tertiary/aromatic N) is 3. The van der Waals surface area contributed by atoms with Crippen LogP contribution in [0.4, 0.5) is 30.2 Å². The average molecular weight is 459 g/mol. The maximum Gasteiger partial charge on any atom is 0.418 e. The summed E-state index contributed by atoms with van der Waals surface area (Å²) in [5.74, 6) is -1.18. The predicted octanol–water partition coefficient (Wildman–Crippen LogP) is 1.48. The summed E-state index contributed by atoms with van der Waals surface area (Å²) in [7, 11) is -3.22. The highest BCUT2D eigenvalue weighted by atomic mass is 31.1. The fourth-order valence-corrected chi connectivity index (χ4v) is 4.08. The van der Waals surface area contributed by atoms with Crippen LogP contribution in [0.25, 0.3) is 0 Å². The van der Waals surface area contributed by atoms with Crippen molar-refractivity contribution in [1.82, 2.24) is 5.43 Å². The Labute approximate surface area is 175 Å². The molecule has 1 amide bonds. The molecule has 3 aliphatic heterocycles. The molecule has 3 heterocycles. The second kappa shape index (κ2) is 7.98. The molecule has 0 bridgehead atoms. The number of hydrogen-bond donors (Lipinski definition) is 2. The SMILES string of the molecule is CCOC(=C1NN=C2C(=O)Nc3cc(C(F)(F)F)c(N4CCOCC4)cc3N21)[P+](=O)[O-]. The number of amidine groups is 1. The summed E-state index contributed by atoms with van der Waals surface area (Å²) < 4.78 is 63.6. The van der Waals surface area contributed by atoms with Crippen LogP contribution in [0.5, 0.6) is 0 Å². The highest BCUT2D eigenvalue weighted by Crippen LogP contribution is 2.46. The predicted molar refractivity (Wildman–Crippen MR) is 102 cm³/mol. The number of anilines is 3. The van der Waals surface area contributed by atoms with Gasteiger partial charge in [0.25, 0.3) is 5.91 Å². The van der Waals surface area contributed by atoms with E-state index in [1.165, 1.54) is 11.0 Å². The quantitative estimate of drug-likeness (QED) is 0.514. The van der Waals surface area contributed by atoms with Gasteiger partial charge in [0.05, 0.1) is 42.4 Å². The number of hydrazone groups is 1. The van der Waals surface area contributed by atoms with Gasteiger partial charge in [0.1, 0.15) is 0 Å². The summed E-state index contributed by atoms with van der Waals surface area (Å²) in [6.45, 7) is 2.59. The number of fused-ring (bicyclic) bond motifs is 3. The molecule has 1 atom stereocenters. The Morgan fingerprint density at radius 2 is 2.03 bits per heavy atom. The van der Waals surface area contributed by atoms with E-state index in [1.54, 1.807) is 6.92 Å². The second-order valence-corrected chi connectivity index (χ2v) is 7.58. The molecule has 10 nitrogen and oxygen atoms in total. The van der Waals surface area contributed by atoms with Gasteiger partial charge in [-0.25, -0.2) is 0 Å². The molecule has 0 aliphatic carbocycles. The molecule has 0 saturated carbocycles. The number of carbonyl (C=O) groups excluding carboxylic acids is 1. The normalized spacial score (nSPS) is 20.4. The number of halogens is 3. The van der Waals surface area contributed by atoms with Crippen LogP contribution < -0.4 is 25.4 Å². The van der Waals surface area contributed by atoms with Crippen molar-refractivity contribution >= 4 is 36.8 Å². The molecule has 2 N–H and O–H groups in total. The average Bonchev–Trinajstić information content (AvgIpc) is 3.16. The minimum absolute atomic E-state index is 0.0120. The highest BCUT2D eigenvalue weighted by molar-refractivity contribution is 7.41. The number of benzene rings is 1. The van der Waals surface area contributed by atoms with E-state index in [2.05, 4.69) is 15.8 Å². The van der Waals surface area contributed by atoms with E-state index in [4.69, 9.17) is 9.47 Å². The van der Waals surface area contributed by atoms with Gasteiger partial charge in [0, 0.05) is 13.1 Å². The van der Waals surface area contributed by atoms with Crippen LogP contribution in [0, 0.1) is 0 Å². The van der Waals surface area contributed by atoms with Crippen molar-refractivity contribution in [3.05, 3.63) is 29.0 Å². The summed E-state index contributed by atoms with van der Waals surface area (Å²) in [5, 5.41) is 6.22. The molecule has 1 saturated heterocycles. The fourth-order valence-electron chi connectivity index (χ4n) is 3.52. The van der Waals surface area contributed by atoms with Crippen molar-refractivity contribution in [1.29, 1.82) is 0 Å². The fraction of sp³-hybridized carbons (Fsp3) is 0.412. The molecule has 1 fully saturated rings. The maximum atomic E-state index is 13.8. The first kappa shape index (κ1) is 21.3. The van der Waals surface area contributed by atoms with Gasteiger partial charge in [-0.1, -0.05) is 4.57 Å². The van der Waals surface area contributed by atoms with E-state index in [0.29, 0.717) is 0 Å². The lowest BCUT2D eigenvalue weighted by Gasteiger charge is -2.34. The summed E-state index contributed by atoms with van der Waals surface area (Å²) in [5.41, 5.74) is 0.925. The topological polar surface area (TPSA) is 119 Å². The molecular weight excluding hydrogens is 442 g/mol. The number of morpholine rings is 1. The zero-order valence-corrected chi connectivity index (χ0v) is 17.0. The van der Waals surface area contributed by atoms with Gasteiger partial charge < -0.3 is 24.6 Å². The lowest BCUT2D eigenvalue weighted by Crippen LogP contribution is -2.42. The molecular formula is C17H17F3N5O5P. The van der Waals surface area contributed by atoms with Gasteiger partial charge >= 0.3 is 19.7 Å². The van der Waals surface area contributed by atoms with Gasteiger partial charge in [0.2, 0.25) is 11.7 Å². The third-order valence-corrected chi connectivity index (χ3v) is 5.49. The number of hydrogen-bond acceptors (Lipinski definition) is 9. The maximum absolute atomic E-state index is 13.8. The van der Waals surface area contributed by atoms with Gasteiger partial charge in [-0.2, -0.15) is 13.2 Å². The molecule has 1 aromatic carbocycles. The zero-order chi connectivity index (χ0) is 22.3. The minimum atomic E-state index is -4.68. The monoisotopic (exact) mass is 459 g/mol. The third-order valence-electron chi connectivity index (χ3n) is 4.82. The molecule has 4 rings (SSSR count). The van der Waals surface area contributed by atoms with Gasteiger partial charge in [-0.3, -0.25) is 15.1 Å². The number of nitrogens with one attached hydrogen (secondary N) is 2. The van der Waals surface area contributed by atoms with E-state index >= 15 is 0 Å². The van der Waals surface area contributed by atoms with Crippen molar-refractivity contribution in [2.75, 3.05) is 48.0 Å². The van der Waals surface area contributed by atoms with Crippen molar-refractivity contribution in [3.8, 4) is 0 Å². The number of rotatable bonds is 4. The van der Waals surface area contributed by atoms with Crippen LogP contribution in [0.15, 0.2) is 28.6 Å². The largest absolute Gasteiger partial charge is 0.588 e. The van der Waals surface area contributed by atoms with Gasteiger partial charge in [-0.05, 0) is 19.1 Å². The standard InChI is InChI=1S/C17H17F3N5O5P/c1-2-30-16(31(27)28)14-23-22-13-15(26)21-10-7-9(17(18,19)20)11(8-12(10)25(13)14)24-3-5-29-6-4-24/h7-8,23H,2-6H2,1H3,(H,21,26). The molecule has 0 aromatic heterocycles. The van der Waals surface area contributed by atoms with Gasteiger partial charge in [-0.15, -0.1) is 5.10 Å². The lowest BCUT2D eigenvalue weighted by atomic mass is 10.0. The van der Waals surface area contributed by atoms with Gasteiger partial charge in [0.15, 0.2) is 0 Å². The highest BCUT2D eigenvalue weighted by Gasteiger charge is 2.44. The van der Waals surface area contributed by atoms with Crippen LogP contribution >= 0.6 is 8.03 Å². The van der Waals surface area contributed by atoms with Crippen molar-refractivity contribution < 1.29 is 36.9 Å². The van der Waals surface area contributed by atoms with Crippen LogP contribution in [-0.4, -0.2) is 44.7 Å². The minimum Gasteiger partial charge on any atom is -0.588 e. The van der Waals surface area contributed by atoms with E-state index in [0.717, 1.165) is 11.0 Å². The number of ether oxygens (including phenoxy) is 2. The number of carbonyl (C=O) groups is 1. The van der Waals surface area contributed by atoms with Crippen LogP contribution in [0.3, 0.4) is 0 Å². The Morgan fingerprint density at radius 3 is 2.65 bits per heavy atom. The van der Waals surface area contributed by atoms with Crippen molar-refractivity contribution in [2.45, 2.75) is 13.1 Å². The molecule has 3 aliphatic rings. The Bertz CT molecular complexity index is 1010. The van der Waals surface area contributed by atoms with E-state index in [1.807, 2.05) is 0 Å². The second-order valence-electron chi connectivity index (χ2n) is 6.66. The Morgan fingerprint density at radius 1 is 1.32 bits per heavy atom. The van der Waals surface area contributed by atoms with Crippen LogP contribution in [0.2, 0.25) is 0 Å². The van der Waals surface area contributed by atoms with Crippen molar-refractivity contribution in [3.63, 3.8) is 0 Å². The molecule has 14 heteroatoms. The Kier molecular flexibility index (Phi) is 5.50. The number of alkyl halides is 3. The summed E-state index contributed by atoms with van der Waals surface area (Å²) in [4.78, 5) is 26.8. The van der Waals surface area contributed by atoms with Crippen LogP contribution in [0.1, 0.15) is 12.5 Å². The molecule has 31 heavy (non-hydrogen) atoms.